The highest BCUT2D eigenvalue weighted by Gasteiger charge is 2.35. The van der Waals surface area contributed by atoms with Crippen molar-refractivity contribution in [2.75, 3.05) is 51.5 Å². The van der Waals surface area contributed by atoms with Crippen molar-refractivity contribution in [3.8, 4) is 45.4 Å². The predicted molar refractivity (Wildman–Crippen MR) is 278 cm³/mol. The summed E-state index contributed by atoms with van der Waals surface area (Å²) in [6.45, 7) is 4.58. The molecule has 11 rings (SSSR count). The minimum atomic E-state index is -0.850. The van der Waals surface area contributed by atoms with Crippen LogP contribution in [0, 0.1) is 5.92 Å². The van der Waals surface area contributed by atoms with Crippen LogP contribution in [0.15, 0.2) is 124 Å². The van der Waals surface area contributed by atoms with Crippen molar-refractivity contribution in [3.05, 3.63) is 165 Å². The third-order valence-corrected chi connectivity index (χ3v) is 14.6. The number of aryl methyl sites for hydroxylation is 3. The number of benzene rings is 5. The number of aromatic hydroxyl groups is 1. The molecule has 368 valence electrons. The van der Waals surface area contributed by atoms with Crippen LogP contribution in [-0.2, 0) is 25.7 Å². The lowest BCUT2D eigenvalue weighted by Gasteiger charge is -2.38. The van der Waals surface area contributed by atoms with E-state index in [4.69, 9.17) is 18.6 Å². The van der Waals surface area contributed by atoms with E-state index in [1.165, 1.54) is 13.2 Å². The van der Waals surface area contributed by atoms with Crippen LogP contribution < -0.4 is 29.9 Å². The van der Waals surface area contributed by atoms with Crippen molar-refractivity contribution in [3.63, 3.8) is 0 Å². The van der Waals surface area contributed by atoms with Crippen LogP contribution in [0.4, 0.5) is 5.82 Å². The molecule has 12 nitrogen and oxygen atoms in total. The second-order valence-corrected chi connectivity index (χ2v) is 19.2. The van der Waals surface area contributed by atoms with Crippen LogP contribution in [0.2, 0.25) is 0 Å². The Hall–Kier alpha value is -6.83. The highest BCUT2D eigenvalue weighted by Crippen LogP contribution is 2.49. The Bertz CT molecular complexity index is 3070. The number of aromatic nitrogens is 1. The fourth-order valence-electron chi connectivity index (χ4n) is 10.8. The van der Waals surface area contributed by atoms with Gasteiger partial charge in [-0.15, -0.1) is 0 Å². The Labute approximate surface area is 414 Å². The van der Waals surface area contributed by atoms with E-state index in [9.17, 15) is 25.2 Å². The van der Waals surface area contributed by atoms with Gasteiger partial charge in [-0.05, 0) is 108 Å². The molecule has 6 bridgehead atoms. The zero-order chi connectivity index (χ0) is 49.0. The Morgan fingerprint density at radius 1 is 0.901 bits per heavy atom. The zero-order valence-corrected chi connectivity index (χ0v) is 40.4. The smallest absolute Gasteiger partial charge is 0.204 e. The average molecular weight is 958 g/mol. The highest BCUT2D eigenvalue weighted by molar-refractivity contribution is 5.93. The summed E-state index contributed by atoms with van der Waals surface area (Å²) in [5, 5.41) is 47.9. The monoisotopic (exact) mass is 957 g/mol. The van der Waals surface area contributed by atoms with Crippen molar-refractivity contribution in [2.24, 2.45) is 5.92 Å². The van der Waals surface area contributed by atoms with Crippen LogP contribution in [0.5, 0.6) is 23.0 Å². The van der Waals surface area contributed by atoms with E-state index < -0.39 is 12.2 Å². The van der Waals surface area contributed by atoms with E-state index in [2.05, 4.69) is 70.7 Å². The lowest BCUT2D eigenvalue weighted by atomic mass is 9.74. The molecule has 0 unspecified atom stereocenters. The number of piperazine rings is 1. The van der Waals surface area contributed by atoms with E-state index in [0.29, 0.717) is 48.3 Å². The fraction of sp³-hybridized carbons (Fsp3) is 0.339. The summed E-state index contributed by atoms with van der Waals surface area (Å²) >= 11 is 0. The molecule has 0 spiro atoms. The number of nitrogens with zero attached hydrogens (tertiary/aromatic N) is 1. The molecule has 5 aromatic carbocycles. The molecule has 12 heteroatoms. The predicted octanol–water partition coefficient (Wildman–Crippen LogP) is 9.29. The second-order valence-electron chi connectivity index (χ2n) is 19.2. The normalized spacial score (nSPS) is 19.6. The fourth-order valence-corrected chi connectivity index (χ4v) is 10.8. The van der Waals surface area contributed by atoms with Crippen molar-refractivity contribution in [2.45, 2.75) is 76.0 Å². The van der Waals surface area contributed by atoms with Gasteiger partial charge in [0.15, 0.2) is 16.9 Å². The quantitative estimate of drug-likeness (QED) is 0.0773. The number of aliphatic hydroxyl groups is 3. The summed E-state index contributed by atoms with van der Waals surface area (Å²) in [6, 6.07) is 35.1. The van der Waals surface area contributed by atoms with E-state index in [1.54, 1.807) is 30.3 Å². The molecule has 0 saturated carbocycles. The number of methoxy groups -OCH3 is 1. The Morgan fingerprint density at radius 2 is 1.75 bits per heavy atom. The van der Waals surface area contributed by atoms with E-state index >= 15 is 0 Å². The number of phenolic OH excluding ortho intramolecular Hbond substituents is 1. The maximum Gasteiger partial charge on any atom is 0.204 e. The first-order valence-corrected chi connectivity index (χ1v) is 25.1. The first kappa shape index (κ1) is 47.8. The van der Waals surface area contributed by atoms with Gasteiger partial charge in [-0.2, -0.15) is 0 Å². The molecular formula is C59H63N3O9. The van der Waals surface area contributed by atoms with E-state index in [-0.39, 0.29) is 77.8 Å². The number of anilines is 1. The number of H-pyrrole nitrogens is 1. The first-order chi connectivity index (χ1) is 34.7. The highest BCUT2D eigenvalue weighted by atomic mass is 16.5. The molecule has 1 saturated heterocycles. The average Bonchev–Trinajstić information content (AvgIpc) is 3.83. The number of ether oxygens (including phenoxy) is 3. The summed E-state index contributed by atoms with van der Waals surface area (Å²) in [5.74, 6) is 1.61. The topological polar surface area (TPSA) is 170 Å². The van der Waals surface area contributed by atoms with Crippen LogP contribution in [0.25, 0.3) is 39.5 Å². The summed E-state index contributed by atoms with van der Waals surface area (Å²) < 4.78 is 26.6. The number of nitrogens with one attached hydrogen (secondary N) is 2. The largest absolute Gasteiger partial charge is 0.508 e. The standard InChI is InChI=1S/C59H63N3O9/c1-3-42-31-49-40-11-7-10-37(28-40)13-21-48-55-54(52(67)32-53(71-55)39-15-18-44(64)19-16-39)57(69-27-24-45(65)17-12-36-8-5-4-6-9-36)58(68-2)56(48)70-35-41(34-63)46-22-23-51(66)50-30-38(14-20-47(46)50)29-43-33-60-25-26-62(43)59(49)61-42/h4-12,14-20,28,30-32,41,43,45-46,51,60-61,63-66H,3,13,21-27,29,33-35H2,1-2H3/b17-12+/t41-,43+,45+,46-,51-/m1/s1. The van der Waals surface area contributed by atoms with Crippen molar-refractivity contribution >= 4 is 22.9 Å². The molecule has 0 amide bonds. The molecule has 1 aliphatic carbocycles. The molecule has 7 aromatic rings. The van der Waals surface area contributed by atoms with Gasteiger partial charge >= 0.3 is 0 Å². The number of hydrogen-bond acceptors (Lipinski definition) is 11. The van der Waals surface area contributed by atoms with Crippen LogP contribution >= 0.6 is 0 Å². The number of rotatable bonds is 10. The molecular weight excluding hydrogens is 895 g/mol. The Kier molecular flexibility index (Phi) is 14.3. The zero-order valence-electron chi connectivity index (χ0n) is 40.4. The first-order valence-electron chi connectivity index (χ1n) is 25.1. The third-order valence-electron chi connectivity index (χ3n) is 14.6. The van der Waals surface area contributed by atoms with Gasteiger partial charge in [0.2, 0.25) is 5.75 Å². The van der Waals surface area contributed by atoms with Gasteiger partial charge in [0.25, 0.3) is 0 Å². The van der Waals surface area contributed by atoms with E-state index in [1.807, 2.05) is 36.4 Å². The molecule has 71 heavy (non-hydrogen) atoms. The van der Waals surface area contributed by atoms with Gasteiger partial charge in [0.1, 0.15) is 28.3 Å². The Morgan fingerprint density at radius 3 is 2.55 bits per heavy atom. The van der Waals surface area contributed by atoms with Crippen molar-refractivity contribution < 1.29 is 39.1 Å². The summed E-state index contributed by atoms with van der Waals surface area (Å²) in [5.41, 5.74) is 9.48. The minimum absolute atomic E-state index is 0.0223. The van der Waals surface area contributed by atoms with Crippen LogP contribution in [-0.4, -0.2) is 84.1 Å². The lowest BCUT2D eigenvalue weighted by Crippen LogP contribution is -2.52. The van der Waals surface area contributed by atoms with Gasteiger partial charge in [-0.3, -0.25) is 4.79 Å². The Balaban J connectivity index is 1.13. The van der Waals surface area contributed by atoms with Gasteiger partial charge < -0.3 is 54.3 Å². The number of hydrogen-bond donors (Lipinski definition) is 6. The maximum absolute atomic E-state index is 14.7. The second kappa shape index (κ2) is 21.3. The van der Waals surface area contributed by atoms with Crippen molar-refractivity contribution in [1.82, 2.24) is 10.3 Å². The van der Waals surface area contributed by atoms with Gasteiger partial charge in [0.05, 0.1) is 32.5 Å². The molecule has 6 N–H and O–H groups in total. The van der Waals surface area contributed by atoms with Crippen LogP contribution in [0.3, 0.4) is 0 Å². The SMILES string of the molecule is CCc1cc2c([nH]1)N1CCNC[C@@H]1Cc1ccc3c(c1)[C@H](O)CC[C@@H]3[C@H](CO)COc1c(OC)c(OCC[C@@H](O)/C=C/c3ccccc3)c3c(=O)cc(-c4ccc(O)cc4)oc3c1CCc1cccc-2c1. The number of fused-ring (bicyclic) bond motifs is 5. The third kappa shape index (κ3) is 10.1. The van der Waals surface area contributed by atoms with Crippen molar-refractivity contribution in [1.29, 1.82) is 0 Å². The summed E-state index contributed by atoms with van der Waals surface area (Å²) in [4.78, 5) is 21.0. The molecule has 5 heterocycles. The number of phenols is 1. The number of aliphatic hydroxyl groups excluding tert-OH is 3. The lowest BCUT2D eigenvalue weighted by molar-refractivity contribution is 0.105. The molecule has 2 aromatic heterocycles. The molecule has 4 aliphatic rings. The molecule has 1 fully saturated rings. The summed E-state index contributed by atoms with van der Waals surface area (Å²) in [7, 11) is 1.52. The van der Waals surface area contributed by atoms with Gasteiger partial charge in [-0.25, -0.2) is 0 Å². The molecule has 3 aliphatic heterocycles. The van der Waals surface area contributed by atoms with Gasteiger partial charge in [0, 0.05) is 73.1 Å². The van der Waals surface area contributed by atoms with Crippen LogP contribution in [0.1, 0.15) is 77.3 Å². The number of aromatic amines is 1. The van der Waals surface area contributed by atoms with E-state index in [0.717, 1.165) is 82.9 Å². The minimum Gasteiger partial charge on any atom is -0.508 e. The maximum atomic E-state index is 14.7. The summed E-state index contributed by atoms with van der Waals surface area (Å²) in [6.07, 6.45) is 6.01. The molecule has 5 atom stereocenters. The van der Waals surface area contributed by atoms with Gasteiger partial charge in [-0.1, -0.05) is 91.9 Å². The molecule has 0 radical (unpaired) electrons.